The van der Waals surface area contributed by atoms with Crippen LogP contribution in [0.5, 0.6) is 5.75 Å². The predicted molar refractivity (Wildman–Crippen MR) is 79.3 cm³/mol. The molecule has 1 aromatic carbocycles. The smallest absolute Gasteiger partial charge is 0.216 e. The minimum Gasteiger partial charge on any atom is -0.497 e. The zero-order valence-corrected chi connectivity index (χ0v) is 12.8. The van der Waals surface area contributed by atoms with Gasteiger partial charge in [-0.05, 0) is 50.7 Å². The van der Waals surface area contributed by atoms with Crippen LogP contribution in [-0.4, -0.2) is 46.6 Å². The van der Waals surface area contributed by atoms with E-state index in [4.69, 9.17) is 4.74 Å². The molecule has 1 aliphatic rings. The first-order valence-electron chi connectivity index (χ1n) is 6.80. The topological polar surface area (TPSA) is 58.6 Å². The third kappa shape index (κ3) is 4.47. The maximum absolute atomic E-state index is 12.1. The Balaban J connectivity index is 1.92. The molecule has 0 radical (unpaired) electrons. The summed E-state index contributed by atoms with van der Waals surface area (Å²) in [5.74, 6) is 0.748. The number of hydrogen-bond donors (Lipinski definition) is 1. The van der Waals surface area contributed by atoms with Crippen molar-refractivity contribution in [3.05, 3.63) is 29.8 Å². The minimum absolute atomic E-state index is 0.0172. The molecule has 1 aliphatic heterocycles. The SMILES string of the molecule is COc1ccc(CS(=O)(=O)NC2CCN(C)CC2)cc1. The molecule has 0 aliphatic carbocycles. The van der Waals surface area contributed by atoms with Crippen molar-refractivity contribution in [3.63, 3.8) is 0 Å². The summed E-state index contributed by atoms with van der Waals surface area (Å²) in [4.78, 5) is 2.22. The van der Waals surface area contributed by atoms with Crippen LogP contribution in [0.4, 0.5) is 0 Å². The van der Waals surface area contributed by atoms with Crippen LogP contribution in [0.1, 0.15) is 18.4 Å². The zero-order chi connectivity index (χ0) is 14.6. The number of hydrogen-bond acceptors (Lipinski definition) is 4. The summed E-state index contributed by atoms with van der Waals surface area (Å²) in [6.07, 6.45) is 1.75. The Kier molecular flexibility index (Phi) is 5.01. The molecule has 112 valence electrons. The quantitative estimate of drug-likeness (QED) is 0.887. The van der Waals surface area contributed by atoms with Gasteiger partial charge in [0.05, 0.1) is 12.9 Å². The first kappa shape index (κ1) is 15.3. The van der Waals surface area contributed by atoms with Crippen LogP contribution in [-0.2, 0) is 15.8 Å². The van der Waals surface area contributed by atoms with Crippen molar-refractivity contribution in [3.8, 4) is 5.75 Å². The van der Waals surface area contributed by atoms with E-state index < -0.39 is 10.0 Å². The summed E-state index contributed by atoms with van der Waals surface area (Å²) in [5, 5.41) is 0. The Morgan fingerprint density at radius 3 is 2.40 bits per heavy atom. The molecule has 1 fully saturated rings. The number of nitrogens with zero attached hydrogens (tertiary/aromatic N) is 1. The van der Waals surface area contributed by atoms with Gasteiger partial charge in [-0.15, -0.1) is 0 Å². The molecule has 0 aromatic heterocycles. The second-order valence-corrected chi connectivity index (χ2v) is 7.06. The fourth-order valence-corrected chi connectivity index (χ4v) is 3.82. The molecular formula is C14H22N2O3S. The Morgan fingerprint density at radius 2 is 1.85 bits per heavy atom. The number of benzene rings is 1. The van der Waals surface area contributed by atoms with E-state index in [1.165, 1.54) is 0 Å². The molecule has 1 N–H and O–H groups in total. The largest absolute Gasteiger partial charge is 0.497 e. The van der Waals surface area contributed by atoms with Crippen molar-refractivity contribution in [2.75, 3.05) is 27.2 Å². The van der Waals surface area contributed by atoms with Gasteiger partial charge in [0.15, 0.2) is 0 Å². The highest BCUT2D eigenvalue weighted by Crippen LogP contribution is 2.15. The molecule has 2 rings (SSSR count). The van der Waals surface area contributed by atoms with Crippen LogP contribution in [0.2, 0.25) is 0 Å². The lowest BCUT2D eigenvalue weighted by atomic mass is 10.1. The number of methoxy groups -OCH3 is 1. The normalized spacial score (nSPS) is 18.1. The van der Waals surface area contributed by atoms with Gasteiger partial charge in [-0.1, -0.05) is 12.1 Å². The highest BCUT2D eigenvalue weighted by molar-refractivity contribution is 7.88. The number of piperidine rings is 1. The van der Waals surface area contributed by atoms with Crippen LogP contribution in [0, 0.1) is 0 Å². The Hall–Kier alpha value is -1.11. The van der Waals surface area contributed by atoms with Gasteiger partial charge < -0.3 is 9.64 Å². The van der Waals surface area contributed by atoms with Gasteiger partial charge in [0.1, 0.15) is 5.75 Å². The van der Waals surface area contributed by atoms with E-state index in [0.29, 0.717) is 0 Å². The Labute approximate surface area is 121 Å². The molecule has 1 heterocycles. The highest BCUT2D eigenvalue weighted by Gasteiger charge is 2.22. The molecule has 0 unspecified atom stereocenters. The van der Waals surface area contributed by atoms with Gasteiger partial charge >= 0.3 is 0 Å². The molecule has 20 heavy (non-hydrogen) atoms. The molecule has 0 amide bonds. The molecular weight excluding hydrogens is 276 g/mol. The van der Waals surface area contributed by atoms with Crippen molar-refractivity contribution >= 4 is 10.0 Å². The second-order valence-electron chi connectivity index (χ2n) is 5.30. The molecule has 1 aromatic rings. The van der Waals surface area contributed by atoms with Gasteiger partial charge in [-0.25, -0.2) is 13.1 Å². The van der Waals surface area contributed by atoms with Crippen LogP contribution in [0.15, 0.2) is 24.3 Å². The number of likely N-dealkylation sites (tertiary alicyclic amines) is 1. The van der Waals surface area contributed by atoms with Gasteiger partial charge in [0.2, 0.25) is 10.0 Å². The molecule has 0 saturated carbocycles. The minimum atomic E-state index is -3.28. The van der Waals surface area contributed by atoms with Gasteiger partial charge in [0, 0.05) is 6.04 Å². The maximum atomic E-state index is 12.1. The van der Waals surface area contributed by atoms with E-state index >= 15 is 0 Å². The van der Waals surface area contributed by atoms with E-state index in [0.717, 1.165) is 37.2 Å². The second kappa shape index (κ2) is 6.56. The van der Waals surface area contributed by atoms with Crippen LogP contribution < -0.4 is 9.46 Å². The molecule has 0 spiro atoms. The number of ether oxygens (including phenoxy) is 1. The zero-order valence-electron chi connectivity index (χ0n) is 12.0. The van der Waals surface area contributed by atoms with Crippen molar-refractivity contribution < 1.29 is 13.2 Å². The van der Waals surface area contributed by atoms with Crippen molar-refractivity contribution in [2.24, 2.45) is 0 Å². The van der Waals surface area contributed by atoms with Gasteiger partial charge in [0.25, 0.3) is 0 Å². The molecule has 6 heteroatoms. The standard InChI is InChI=1S/C14H22N2O3S/c1-16-9-7-13(8-10-16)15-20(17,18)11-12-3-5-14(19-2)6-4-12/h3-6,13,15H,7-11H2,1-2H3. The Morgan fingerprint density at radius 1 is 1.25 bits per heavy atom. The molecule has 5 nitrogen and oxygen atoms in total. The van der Waals surface area contributed by atoms with Gasteiger partial charge in [-0.3, -0.25) is 0 Å². The monoisotopic (exact) mass is 298 g/mol. The fraction of sp³-hybridized carbons (Fsp3) is 0.571. The lowest BCUT2D eigenvalue weighted by Gasteiger charge is -2.29. The average molecular weight is 298 g/mol. The summed E-state index contributed by atoms with van der Waals surface area (Å²) in [6, 6.07) is 7.19. The fourth-order valence-electron chi connectivity index (χ4n) is 2.36. The van der Waals surface area contributed by atoms with E-state index in [9.17, 15) is 8.42 Å². The lowest BCUT2D eigenvalue weighted by molar-refractivity contribution is 0.248. The first-order chi connectivity index (χ1) is 9.48. The van der Waals surface area contributed by atoms with Crippen LogP contribution in [0.3, 0.4) is 0 Å². The number of rotatable bonds is 5. The third-order valence-electron chi connectivity index (χ3n) is 3.58. The van der Waals surface area contributed by atoms with Crippen molar-refractivity contribution in [1.29, 1.82) is 0 Å². The summed E-state index contributed by atoms with van der Waals surface area (Å²) < 4.78 is 32.2. The van der Waals surface area contributed by atoms with Gasteiger partial charge in [-0.2, -0.15) is 0 Å². The van der Waals surface area contributed by atoms with E-state index in [2.05, 4.69) is 16.7 Å². The first-order valence-corrected chi connectivity index (χ1v) is 8.45. The van der Waals surface area contributed by atoms with Crippen LogP contribution >= 0.6 is 0 Å². The Bertz CT molecular complexity index is 520. The van der Waals surface area contributed by atoms with E-state index in [-0.39, 0.29) is 11.8 Å². The maximum Gasteiger partial charge on any atom is 0.216 e. The highest BCUT2D eigenvalue weighted by atomic mass is 32.2. The van der Waals surface area contributed by atoms with Crippen LogP contribution in [0.25, 0.3) is 0 Å². The summed E-state index contributed by atoms with van der Waals surface area (Å²) in [6.45, 7) is 1.88. The number of sulfonamides is 1. The molecule has 0 atom stereocenters. The predicted octanol–water partition coefficient (Wildman–Crippen LogP) is 1.21. The van der Waals surface area contributed by atoms with Crippen molar-refractivity contribution in [1.82, 2.24) is 9.62 Å². The summed E-state index contributed by atoms with van der Waals surface area (Å²) >= 11 is 0. The molecule has 1 saturated heterocycles. The van der Waals surface area contributed by atoms with Crippen molar-refractivity contribution in [2.45, 2.75) is 24.6 Å². The van der Waals surface area contributed by atoms with E-state index in [1.54, 1.807) is 31.4 Å². The number of nitrogens with one attached hydrogen (secondary N) is 1. The third-order valence-corrected chi connectivity index (χ3v) is 4.99. The lowest BCUT2D eigenvalue weighted by Crippen LogP contribution is -2.43. The van der Waals surface area contributed by atoms with E-state index in [1.807, 2.05) is 0 Å². The average Bonchev–Trinajstić information content (AvgIpc) is 2.41. The summed E-state index contributed by atoms with van der Waals surface area (Å²) in [7, 11) is 0.368. The summed E-state index contributed by atoms with van der Waals surface area (Å²) in [5.41, 5.74) is 0.770. The molecule has 0 bridgehead atoms.